The fraction of sp³-hybridized carbons (Fsp3) is 0.500. The topological polar surface area (TPSA) is 119 Å². The fourth-order valence-electron chi connectivity index (χ4n) is 2.69. The van der Waals surface area contributed by atoms with Crippen LogP contribution in [0.3, 0.4) is 0 Å². The van der Waals surface area contributed by atoms with Crippen molar-refractivity contribution in [3.05, 3.63) is 12.5 Å². The lowest BCUT2D eigenvalue weighted by atomic mass is 9.94. The summed E-state index contributed by atoms with van der Waals surface area (Å²) < 4.78 is 22.2. The first kappa shape index (κ1) is 15.6. The highest BCUT2D eigenvalue weighted by Gasteiger charge is 2.59. The molecule has 1 fully saturated rings. The average molecular weight is 321 g/mol. The number of nitrogens with two attached hydrogens (primary N) is 1. The van der Waals surface area contributed by atoms with Gasteiger partial charge in [0.1, 0.15) is 17.7 Å². The number of imidazole rings is 1. The second-order valence-corrected chi connectivity index (χ2v) is 5.37. The number of aliphatic hydroxyl groups excluding tert-OH is 2. The first-order valence-electron chi connectivity index (χ1n) is 6.98. The molecule has 8 nitrogen and oxygen atoms in total. The molecule has 2 aromatic heterocycles. The molecule has 3 rings (SSSR count). The van der Waals surface area contributed by atoms with Gasteiger partial charge >= 0.3 is 0 Å². The van der Waals surface area contributed by atoms with Crippen LogP contribution in [0, 0.1) is 11.8 Å². The van der Waals surface area contributed by atoms with Crippen LogP contribution in [0.1, 0.15) is 20.1 Å². The molecule has 1 saturated heterocycles. The van der Waals surface area contributed by atoms with E-state index < -0.39 is 30.2 Å². The number of hydrogen-bond acceptors (Lipinski definition) is 7. The van der Waals surface area contributed by atoms with Crippen LogP contribution < -0.4 is 5.73 Å². The normalized spacial score (nSPS) is 31.8. The molecule has 1 aliphatic rings. The van der Waals surface area contributed by atoms with E-state index in [0.717, 1.165) is 0 Å². The van der Waals surface area contributed by atoms with Crippen LogP contribution in [0.4, 0.5) is 10.3 Å². The summed E-state index contributed by atoms with van der Waals surface area (Å²) in [5, 5.41) is 20.0. The van der Waals surface area contributed by atoms with Crippen LogP contribution in [0.2, 0.25) is 0 Å². The van der Waals surface area contributed by atoms with Crippen molar-refractivity contribution >= 4 is 17.1 Å². The van der Waals surface area contributed by atoms with Crippen LogP contribution in [-0.4, -0.2) is 53.7 Å². The van der Waals surface area contributed by atoms with Gasteiger partial charge in [0.25, 0.3) is 0 Å². The number of nitrogens with zero attached hydrogens (tertiary/aromatic N) is 4. The molecule has 9 heteroatoms. The predicted molar refractivity (Wildman–Crippen MR) is 78.6 cm³/mol. The second kappa shape index (κ2) is 5.42. The van der Waals surface area contributed by atoms with Gasteiger partial charge in [-0.05, 0) is 13.8 Å². The van der Waals surface area contributed by atoms with Crippen LogP contribution in [0.5, 0.6) is 0 Å². The van der Waals surface area contributed by atoms with E-state index in [-0.39, 0.29) is 11.6 Å². The van der Waals surface area contributed by atoms with E-state index >= 15 is 4.39 Å². The molecule has 2 aromatic rings. The number of fused-ring (bicyclic) bond motifs is 1. The minimum atomic E-state index is -2.43. The minimum absolute atomic E-state index is 0.00379. The van der Waals surface area contributed by atoms with Crippen molar-refractivity contribution in [3.8, 4) is 11.8 Å². The molecule has 5 atom stereocenters. The van der Waals surface area contributed by atoms with Gasteiger partial charge in [0, 0.05) is 0 Å². The number of anilines is 1. The number of aliphatic hydroxyl groups is 2. The van der Waals surface area contributed by atoms with E-state index in [1.54, 1.807) is 0 Å². The Bertz CT molecular complexity index is 799. The maximum Gasteiger partial charge on any atom is 0.243 e. The molecular formula is C14H16FN5O3. The van der Waals surface area contributed by atoms with Gasteiger partial charge < -0.3 is 20.7 Å². The molecule has 3 heterocycles. The minimum Gasteiger partial charge on any atom is -0.391 e. The molecule has 0 spiro atoms. The lowest BCUT2D eigenvalue weighted by molar-refractivity contribution is -0.0776. The Morgan fingerprint density at radius 3 is 2.91 bits per heavy atom. The molecule has 0 aromatic carbocycles. The molecule has 23 heavy (non-hydrogen) atoms. The van der Waals surface area contributed by atoms with E-state index in [4.69, 9.17) is 10.5 Å². The van der Waals surface area contributed by atoms with Crippen LogP contribution in [-0.2, 0) is 4.74 Å². The Labute approximate surface area is 131 Å². The molecule has 4 N–H and O–H groups in total. The van der Waals surface area contributed by atoms with Gasteiger partial charge in [-0.1, -0.05) is 5.92 Å². The summed E-state index contributed by atoms with van der Waals surface area (Å²) in [6.45, 7) is 2.86. The third-order valence-electron chi connectivity index (χ3n) is 3.77. The van der Waals surface area contributed by atoms with Gasteiger partial charge in [0.2, 0.25) is 11.6 Å². The Morgan fingerprint density at radius 2 is 2.26 bits per heavy atom. The summed E-state index contributed by atoms with van der Waals surface area (Å²) in [5.41, 5.74) is 3.78. The highest BCUT2D eigenvalue weighted by molar-refractivity contribution is 5.70. The molecule has 0 aliphatic carbocycles. The number of alkyl halides is 1. The third-order valence-corrected chi connectivity index (χ3v) is 3.77. The zero-order valence-electron chi connectivity index (χ0n) is 12.5. The number of aromatic nitrogens is 4. The van der Waals surface area contributed by atoms with Crippen molar-refractivity contribution in [3.63, 3.8) is 0 Å². The summed E-state index contributed by atoms with van der Waals surface area (Å²) in [6.07, 6.45) is -2.47. The summed E-state index contributed by atoms with van der Waals surface area (Å²) in [7, 11) is 0. The average Bonchev–Trinajstić information content (AvgIpc) is 3.00. The standard InChI is InChI=1S/C14H16FN5O3/c1-3-4-14(15)10(22)9(7(2)21)23-12(14)20-6-18-8-5-17-13(16)19-11(8)20/h5-7,9-10,12,21-22H,1-2H3,(H2,16,17,19)/t7-,9+,10?,12+,14+/m0/s1. The molecule has 1 unspecified atom stereocenters. The van der Waals surface area contributed by atoms with Gasteiger partial charge in [0.05, 0.1) is 18.6 Å². The Kier molecular flexibility index (Phi) is 3.68. The number of ether oxygens (including phenoxy) is 1. The Hall–Kier alpha value is -2.28. The molecule has 0 saturated carbocycles. The number of rotatable bonds is 2. The van der Waals surface area contributed by atoms with Crippen molar-refractivity contribution in [2.45, 2.75) is 44.1 Å². The second-order valence-electron chi connectivity index (χ2n) is 5.37. The smallest absolute Gasteiger partial charge is 0.243 e. The monoisotopic (exact) mass is 321 g/mol. The van der Waals surface area contributed by atoms with E-state index in [1.165, 1.54) is 30.9 Å². The number of nitrogen functional groups attached to an aromatic ring is 1. The van der Waals surface area contributed by atoms with Gasteiger partial charge in [-0.15, -0.1) is 5.92 Å². The van der Waals surface area contributed by atoms with Crippen molar-refractivity contribution in [2.24, 2.45) is 0 Å². The molecule has 0 amide bonds. The number of hydrogen-bond donors (Lipinski definition) is 3. The number of halogens is 1. The van der Waals surface area contributed by atoms with Gasteiger partial charge in [-0.25, -0.2) is 14.4 Å². The molecule has 0 radical (unpaired) electrons. The van der Waals surface area contributed by atoms with E-state index in [0.29, 0.717) is 5.52 Å². The SMILES string of the molecule is CC#C[C@@]1(F)C(O)[C@@H]([C@H](C)O)O[C@H]1n1cnc2cnc(N)nc21. The van der Waals surface area contributed by atoms with Crippen LogP contribution in [0.25, 0.3) is 11.2 Å². The first-order valence-corrected chi connectivity index (χ1v) is 6.98. The van der Waals surface area contributed by atoms with E-state index in [9.17, 15) is 10.2 Å². The highest BCUT2D eigenvalue weighted by Crippen LogP contribution is 2.43. The lowest BCUT2D eigenvalue weighted by Gasteiger charge is -2.23. The predicted octanol–water partition coefficient (Wildman–Crippen LogP) is -0.221. The quantitative estimate of drug-likeness (QED) is 0.654. The van der Waals surface area contributed by atoms with Gasteiger partial charge in [-0.2, -0.15) is 4.98 Å². The van der Waals surface area contributed by atoms with Crippen molar-refractivity contribution in [1.82, 2.24) is 19.5 Å². The molecule has 122 valence electrons. The zero-order chi connectivity index (χ0) is 16.8. The van der Waals surface area contributed by atoms with Gasteiger partial charge in [0.15, 0.2) is 11.9 Å². The third kappa shape index (κ3) is 2.31. The summed E-state index contributed by atoms with van der Waals surface area (Å²) in [4.78, 5) is 11.9. The van der Waals surface area contributed by atoms with Crippen molar-refractivity contribution in [1.29, 1.82) is 0 Å². The molecule has 1 aliphatic heterocycles. The highest BCUT2D eigenvalue weighted by atomic mass is 19.1. The van der Waals surface area contributed by atoms with Gasteiger partial charge in [-0.3, -0.25) is 4.57 Å². The van der Waals surface area contributed by atoms with Crippen LogP contribution >= 0.6 is 0 Å². The fourth-order valence-corrected chi connectivity index (χ4v) is 2.69. The zero-order valence-corrected chi connectivity index (χ0v) is 12.5. The summed E-state index contributed by atoms with van der Waals surface area (Å²) >= 11 is 0. The van der Waals surface area contributed by atoms with E-state index in [1.807, 2.05) is 0 Å². The molecule has 0 bridgehead atoms. The van der Waals surface area contributed by atoms with Crippen LogP contribution in [0.15, 0.2) is 12.5 Å². The lowest BCUT2D eigenvalue weighted by Crippen LogP contribution is -2.44. The summed E-state index contributed by atoms with van der Waals surface area (Å²) in [5.74, 6) is 4.80. The van der Waals surface area contributed by atoms with Crippen molar-refractivity contribution < 1.29 is 19.3 Å². The Balaban J connectivity index is 2.14. The largest absolute Gasteiger partial charge is 0.391 e. The molecular weight excluding hydrogens is 305 g/mol. The van der Waals surface area contributed by atoms with E-state index in [2.05, 4.69) is 26.8 Å². The Morgan fingerprint density at radius 1 is 1.52 bits per heavy atom. The van der Waals surface area contributed by atoms with Crippen molar-refractivity contribution in [2.75, 3.05) is 5.73 Å². The maximum atomic E-state index is 15.4. The first-order chi connectivity index (χ1) is 10.9. The summed E-state index contributed by atoms with van der Waals surface area (Å²) in [6, 6.07) is 0. The maximum absolute atomic E-state index is 15.4.